The van der Waals surface area contributed by atoms with Gasteiger partial charge in [-0.05, 0) is 112 Å². The molecule has 0 aliphatic carbocycles. The van der Waals surface area contributed by atoms with Gasteiger partial charge in [0, 0.05) is 107 Å². The van der Waals surface area contributed by atoms with Gasteiger partial charge < -0.3 is 54.9 Å². The molecule has 2 heterocycles. The second-order valence-electron chi connectivity index (χ2n) is 31.6. The van der Waals surface area contributed by atoms with Crippen LogP contribution in [0, 0.1) is 60.2 Å². The topological polar surface area (TPSA) is 262 Å². The number of Topliss-reactive ketones (excluding diaryl/α,β-unsaturated/α-hetero) is 2. The van der Waals surface area contributed by atoms with Crippen LogP contribution in [0.15, 0.2) is 42.6 Å². The fourth-order valence-corrected chi connectivity index (χ4v) is 13.7. The summed E-state index contributed by atoms with van der Waals surface area (Å²) < 4.78 is 2.24. The van der Waals surface area contributed by atoms with Crippen LogP contribution in [-0.4, -0.2) is 229 Å². The number of unbranched alkanes of at least 4 members (excludes halogenated alkanes) is 1. The number of aromatic nitrogens is 1. The summed E-state index contributed by atoms with van der Waals surface area (Å²) in [7, 11) is 14.3. The summed E-state index contributed by atoms with van der Waals surface area (Å²) in [6.45, 7) is 31.0. The number of likely N-dealkylation sites (N-methyl/N-ethyl adjacent to an activating group) is 7. The van der Waals surface area contributed by atoms with Gasteiger partial charge >= 0.3 is 0 Å². The Bertz CT molecular complexity index is 3200. The molecule has 1 saturated heterocycles. The second kappa shape index (κ2) is 39.9. The summed E-state index contributed by atoms with van der Waals surface area (Å²) in [5.41, 5.74) is 3.40. The number of hydrogen-bond donors (Lipinski definition) is 3. The van der Waals surface area contributed by atoms with Crippen LogP contribution in [0.3, 0.4) is 0 Å². The zero-order valence-electron chi connectivity index (χ0n) is 66.4. The number of carbonyl (C=O) groups excluding carboxylic acids is 11. The van der Waals surface area contributed by atoms with Crippen LogP contribution < -0.4 is 20.1 Å². The molecular formula is C78H130N11O12+. The first kappa shape index (κ1) is 87.9. The van der Waals surface area contributed by atoms with E-state index in [9.17, 15) is 38.7 Å². The molecule has 3 rings (SSSR count). The molecule has 1 fully saturated rings. The van der Waals surface area contributed by atoms with Gasteiger partial charge in [0.1, 0.15) is 48.8 Å². The van der Waals surface area contributed by atoms with Crippen molar-refractivity contribution >= 4 is 81.3 Å². The number of benzene rings is 1. The number of nitrogens with one attached hydrogen (secondary N) is 2. The lowest BCUT2D eigenvalue weighted by molar-refractivity contribution is -0.671. The van der Waals surface area contributed by atoms with Crippen LogP contribution >= 0.6 is 0 Å². The Morgan fingerprint density at radius 3 is 1.57 bits per heavy atom. The van der Waals surface area contributed by atoms with Gasteiger partial charge in [-0.2, -0.15) is 4.57 Å². The highest BCUT2D eigenvalue weighted by Crippen LogP contribution is 2.29. The van der Waals surface area contributed by atoms with Gasteiger partial charge in [0.25, 0.3) is 0 Å². The molecule has 1 aromatic heterocycles. The molecule has 3 N–H and O–H groups in total. The largest absolute Gasteiger partial charge is 0.390 e. The maximum absolute atomic E-state index is 15.5. The highest BCUT2D eigenvalue weighted by Gasteiger charge is 2.46. The minimum atomic E-state index is -1.54. The SMILES string of the molecule is CC[C@@H]1CC(=O)[C@H]([C@H](O)[C@H](C)C/C=C/CCC[n+]2ccc(N(C)C)c3ccc(C)cc32)N(C)C(=O)[C@H](C(C)C)N(C)C(=O)[C@H](CC(C)C)N(C)C(=O)[C@H](CC(C)C)N(C)C(=O)[C@@H](C)CC(=O)[C@H](C)NC(=O)[C@H](CC(C)C)N(C)C(=O)[C@H](C(C)C)NC(=O)[C@H](CC(C)C)N(C)C(=O)CN(C)C1=O. The van der Waals surface area contributed by atoms with Crippen molar-refractivity contribution < 1.29 is 62.4 Å². The predicted molar refractivity (Wildman–Crippen MR) is 398 cm³/mol. The van der Waals surface area contributed by atoms with Crippen molar-refractivity contribution in [3.05, 3.63) is 48.2 Å². The summed E-state index contributed by atoms with van der Waals surface area (Å²) >= 11 is 0. The van der Waals surface area contributed by atoms with E-state index >= 15 is 19.2 Å². The van der Waals surface area contributed by atoms with Gasteiger partial charge in [0.15, 0.2) is 17.8 Å². The molecule has 101 heavy (non-hydrogen) atoms. The predicted octanol–water partition coefficient (Wildman–Crippen LogP) is 7.73. The van der Waals surface area contributed by atoms with E-state index in [-0.39, 0.29) is 62.2 Å². The molecule has 568 valence electrons. The molecule has 0 radical (unpaired) electrons. The van der Waals surface area contributed by atoms with Crippen molar-refractivity contribution in [1.29, 1.82) is 0 Å². The number of aryl methyl sites for hydroxylation is 2. The van der Waals surface area contributed by atoms with Crippen molar-refractivity contribution in [1.82, 2.24) is 44.9 Å². The number of aliphatic hydroxyl groups is 1. The summed E-state index contributed by atoms with van der Waals surface area (Å²) in [6.07, 6.45) is 6.47. The third kappa shape index (κ3) is 24.2. The Balaban J connectivity index is 2.26. The Labute approximate surface area is 605 Å². The first-order valence-electron chi connectivity index (χ1n) is 36.9. The number of allylic oxidation sites excluding steroid dienone is 2. The first-order chi connectivity index (χ1) is 46.9. The molecule has 1 aromatic carbocycles. The summed E-state index contributed by atoms with van der Waals surface area (Å²) in [6, 6.07) is -1.03. The fraction of sp³-hybridized carbons (Fsp3) is 0.718. The molecule has 0 bridgehead atoms. The number of anilines is 1. The minimum absolute atomic E-state index is 0.118. The number of rotatable bonds is 20. The van der Waals surface area contributed by atoms with Crippen LogP contribution in [0.1, 0.15) is 181 Å². The smallest absolute Gasteiger partial charge is 0.246 e. The van der Waals surface area contributed by atoms with E-state index in [1.165, 1.54) is 90.6 Å². The summed E-state index contributed by atoms with van der Waals surface area (Å²) in [5, 5.41) is 19.5. The average molecular weight is 1410 g/mol. The molecule has 1 aliphatic rings. The standard InChI is InChI=1S/C78H129N11O12/c1-27-56-44-65(91)69(70(93)53(15)32-30-28-29-31-36-89-37-35-58(81(18)19)57-34-33-52(14)42-59(57)89)88(26)78(101)68(51(12)13)87(25)76(99)63(41-49(8)9)86(24)75(98)62(40-48(6)7)85(23)73(96)54(16)43-64(90)55(17)79-71(94)61(39-47(4)5)84(22)77(100)67(50(10)11)80-72(95)60(38-46(2)3)83(21)66(92)45-82(20)74(56)97/h28,30,33-35,37,42,46-51,53-56,60-63,67-70,93H,27,29,31-32,36,38-41,43-45H2,1-26H3,(H-,79,80,94,95)/p+1/b30-28+/t53-,54+,55+,56-,60+,61+,62+,63+,67+,68+,69-,70-/m1/s1. The normalized spacial score (nSPS) is 24.7. The molecule has 12 atom stereocenters. The van der Waals surface area contributed by atoms with Gasteiger partial charge in [-0.1, -0.05) is 122 Å². The number of ketones is 2. The Morgan fingerprint density at radius 1 is 0.564 bits per heavy atom. The third-order valence-electron chi connectivity index (χ3n) is 20.0. The summed E-state index contributed by atoms with van der Waals surface area (Å²) in [5.74, 6) is -10.8. The van der Waals surface area contributed by atoms with E-state index in [1.807, 2.05) is 81.6 Å². The van der Waals surface area contributed by atoms with E-state index in [2.05, 4.69) is 57.5 Å². The van der Waals surface area contributed by atoms with Gasteiger partial charge in [-0.25, -0.2) is 0 Å². The fourth-order valence-electron chi connectivity index (χ4n) is 13.7. The van der Waals surface area contributed by atoms with Crippen molar-refractivity contribution in [2.75, 3.05) is 74.9 Å². The van der Waals surface area contributed by atoms with E-state index < -0.39 is 162 Å². The van der Waals surface area contributed by atoms with E-state index in [4.69, 9.17) is 0 Å². The number of amides is 9. The van der Waals surface area contributed by atoms with Crippen molar-refractivity contribution in [2.45, 2.75) is 243 Å². The number of nitrogens with zero attached hydrogens (tertiary/aromatic N) is 9. The molecule has 9 amide bonds. The Hall–Kier alpha value is -7.30. The van der Waals surface area contributed by atoms with Crippen molar-refractivity contribution in [3.63, 3.8) is 0 Å². The molecule has 2 aromatic rings. The minimum Gasteiger partial charge on any atom is -0.390 e. The zero-order chi connectivity index (χ0) is 77.1. The number of aliphatic hydroxyl groups excluding tert-OH is 1. The monoisotopic (exact) mass is 1410 g/mol. The molecular weight excluding hydrogens is 1280 g/mol. The van der Waals surface area contributed by atoms with Crippen LogP contribution in [0.25, 0.3) is 10.9 Å². The van der Waals surface area contributed by atoms with Gasteiger partial charge in [0.2, 0.25) is 58.7 Å². The maximum Gasteiger partial charge on any atom is 0.246 e. The van der Waals surface area contributed by atoms with E-state index in [0.717, 1.165) is 35.1 Å². The first-order valence-corrected chi connectivity index (χ1v) is 36.9. The number of pyridine rings is 1. The zero-order valence-corrected chi connectivity index (χ0v) is 66.4. The maximum atomic E-state index is 15.5. The second-order valence-corrected chi connectivity index (χ2v) is 31.6. The van der Waals surface area contributed by atoms with Gasteiger partial charge in [0.05, 0.1) is 29.8 Å². The highest BCUT2D eigenvalue weighted by molar-refractivity contribution is 6.00. The van der Waals surface area contributed by atoms with Crippen LogP contribution in [0.5, 0.6) is 0 Å². The molecule has 23 nitrogen and oxygen atoms in total. The average Bonchev–Trinajstić information content (AvgIpc) is 0.803. The highest BCUT2D eigenvalue weighted by atomic mass is 16.3. The van der Waals surface area contributed by atoms with Crippen LogP contribution in [0.4, 0.5) is 5.69 Å². The quantitative estimate of drug-likeness (QED) is 0.0652. The lowest BCUT2D eigenvalue weighted by atomic mass is 9.86. The number of carbonyl (C=O) groups is 11. The van der Waals surface area contributed by atoms with Crippen LogP contribution in [0.2, 0.25) is 0 Å². The molecule has 23 heteroatoms. The molecule has 0 unspecified atom stereocenters. The molecule has 1 aliphatic heterocycles. The lowest BCUT2D eigenvalue weighted by Gasteiger charge is -2.41. The molecule has 0 spiro atoms. The Morgan fingerprint density at radius 2 is 1.06 bits per heavy atom. The third-order valence-corrected chi connectivity index (χ3v) is 20.0. The van der Waals surface area contributed by atoms with Crippen molar-refractivity contribution in [2.24, 2.45) is 53.3 Å². The van der Waals surface area contributed by atoms with Crippen LogP contribution in [-0.2, 0) is 59.3 Å². The van der Waals surface area contributed by atoms with E-state index in [1.54, 1.807) is 48.5 Å². The Kier molecular flexibility index (Phi) is 34.8. The summed E-state index contributed by atoms with van der Waals surface area (Å²) in [4.78, 5) is 174. The van der Waals surface area contributed by atoms with Crippen molar-refractivity contribution in [3.8, 4) is 0 Å². The van der Waals surface area contributed by atoms with E-state index in [0.29, 0.717) is 12.8 Å². The van der Waals surface area contributed by atoms with Gasteiger partial charge in [-0.15, -0.1) is 0 Å². The lowest BCUT2D eigenvalue weighted by Crippen LogP contribution is -2.61. The molecule has 0 saturated carbocycles. The number of fused-ring (bicyclic) bond motifs is 1. The van der Waals surface area contributed by atoms with Gasteiger partial charge in [-0.3, -0.25) is 52.7 Å². The number of hydrogen-bond acceptors (Lipinski definition) is 13.